The first kappa shape index (κ1) is 15.8. The van der Waals surface area contributed by atoms with Gasteiger partial charge in [0.25, 0.3) is 5.91 Å². The molecule has 6 nitrogen and oxygen atoms in total. The van der Waals surface area contributed by atoms with E-state index in [-0.39, 0.29) is 26.6 Å². The average Bonchev–Trinajstić information content (AvgIpc) is 2.84. The number of fused-ring (bicyclic) bond motifs is 1. The molecule has 0 radical (unpaired) electrons. The highest BCUT2D eigenvalue weighted by Crippen LogP contribution is 2.43. The highest BCUT2D eigenvalue weighted by Gasteiger charge is 2.36. The Kier molecular flexibility index (Phi) is 3.80. The van der Waals surface area contributed by atoms with Crippen molar-refractivity contribution < 1.29 is 18.0 Å². The summed E-state index contributed by atoms with van der Waals surface area (Å²) >= 11 is 0.787. The van der Waals surface area contributed by atoms with Crippen molar-refractivity contribution in [2.75, 3.05) is 36.8 Å². The number of nitrogen functional groups attached to an aromatic ring is 1. The summed E-state index contributed by atoms with van der Waals surface area (Å²) in [4.78, 5) is 17.4. The van der Waals surface area contributed by atoms with Gasteiger partial charge in [-0.1, -0.05) is 0 Å². The van der Waals surface area contributed by atoms with Gasteiger partial charge in [0.2, 0.25) is 0 Å². The number of hydrogen-bond donors (Lipinski definition) is 3. The number of hydrogen-bond acceptors (Lipinski definition) is 6. The molecule has 3 heterocycles. The number of alkyl halides is 3. The molecule has 5 N–H and O–H groups in total. The van der Waals surface area contributed by atoms with E-state index in [1.54, 1.807) is 4.90 Å². The number of carbonyl (C=O) groups is 1. The van der Waals surface area contributed by atoms with Gasteiger partial charge in [-0.15, -0.1) is 11.3 Å². The lowest BCUT2D eigenvalue weighted by Crippen LogP contribution is -2.44. The summed E-state index contributed by atoms with van der Waals surface area (Å²) in [5.41, 5.74) is 9.74. The minimum absolute atomic E-state index is 0.0691. The van der Waals surface area contributed by atoms with Crippen LogP contribution in [0, 0.1) is 0 Å². The van der Waals surface area contributed by atoms with Crippen molar-refractivity contribution in [1.29, 1.82) is 0 Å². The second kappa shape index (κ2) is 5.53. The van der Waals surface area contributed by atoms with E-state index >= 15 is 0 Å². The molecule has 0 aromatic carbocycles. The van der Waals surface area contributed by atoms with Crippen molar-refractivity contribution in [3.05, 3.63) is 16.5 Å². The van der Waals surface area contributed by atoms with Gasteiger partial charge >= 0.3 is 6.18 Å². The van der Waals surface area contributed by atoms with Gasteiger partial charge in [-0.05, 0) is 6.07 Å². The number of primary amides is 1. The summed E-state index contributed by atoms with van der Waals surface area (Å²) in [6.45, 7) is 2.44. The zero-order chi connectivity index (χ0) is 16.8. The standard InChI is InChI=1S/C13H14F3N5OS/c14-13(15,16)6-5-7(21-3-1-19-2-4-21)20-12-8(6)9(17)10(23-12)11(18)22/h5,19H,1-4,17H2,(H2,18,22). The molecule has 0 unspecified atom stereocenters. The Labute approximate surface area is 133 Å². The first-order chi connectivity index (χ1) is 10.8. The van der Waals surface area contributed by atoms with Crippen LogP contribution >= 0.6 is 11.3 Å². The SMILES string of the molecule is NC(=O)c1sc2nc(N3CCNCC3)cc(C(F)(F)F)c2c1N. The third-order valence-electron chi connectivity index (χ3n) is 3.66. The largest absolute Gasteiger partial charge is 0.417 e. The zero-order valence-corrected chi connectivity index (χ0v) is 12.7. The average molecular weight is 345 g/mol. The lowest BCUT2D eigenvalue weighted by atomic mass is 10.1. The van der Waals surface area contributed by atoms with E-state index in [0.717, 1.165) is 17.4 Å². The number of rotatable bonds is 2. The quantitative estimate of drug-likeness (QED) is 0.764. The number of nitrogens with two attached hydrogens (primary N) is 2. The van der Waals surface area contributed by atoms with Gasteiger partial charge in [0.1, 0.15) is 15.5 Å². The summed E-state index contributed by atoms with van der Waals surface area (Å²) in [6, 6.07) is 0.988. The molecule has 0 spiro atoms. The summed E-state index contributed by atoms with van der Waals surface area (Å²) < 4.78 is 40.3. The van der Waals surface area contributed by atoms with E-state index in [9.17, 15) is 18.0 Å². The number of halogens is 3. The Morgan fingerprint density at radius 1 is 1.35 bits per heavy atom. The number of nitrogens with zero attached hydrogens (tertiary/aromatic N) is 2. The van der Waals surface area contributed by atoms with Crippen LogP contribution in [-0.2, 0) is 6.18 Å². The van der Waals surface area contributed by atoms with Crippen LogP contribution < -0.4 is 21.7 Å². The predicted molar refractivity (Wildman–Crippen MR) is 82.6 cm³/mol. The zero-order valence-electron chi connectivity index (χ0n) is 11.9. The Morgan fingerprint density at radius 2 is 2.00 bits per heavy atom. The molecule has 1 saturated heterocycles. The normalized spacial score (nSPS) is 16.0. The summed E-state index contributed by atoms with van der Waals surface area (Å²) in [6.07, 6.45) is -4.60. The van der Waals surface area contributed by atoms with Gasteiger partial charge in [0.15, 0.2) is 0 Å². The maximum Gasteiger partial charge on any atom is 0.417 e. The minimum Gasteiger partial charge on any atom is -0.397 e. The fraction of sp³-hybridized carbons (Fsp3) is 0.385. The van der Waals surface area contributed by atoms with Crippen LogP contribution in [0.2, 0.25) is 0 Å². The molecule has 3 rings (SSSR count). The topological polar surface area (TPSA) is 97.3 Å². The summed E-state index contributed by atoms with van der Waals surface area (Å²) in [7, 11) is 0. The lowest BCUT2D eigenvalue weighted by Gasteiger charge is -2.29. The minimum atomic E-state index is -4.60. The van der Waals surface area contributed by atoms with Crippen molar-refractivity contribution in [3.63, 3.8) is 0 Å². The number of thiophene rings is 1. The molecule has 0 saturated carbocycles. The number of anilines is 2. The summed E-state index contributed by atoms with van der Waals surface area (Å²) in [5.74, 6) is -0.633. The van der Waals surface area contributed by atoms with Crippen molar-refractivity contribution >= 4 is 39.0 Å². The fourth-order valence-electron chi connectivity index (χ4n) is 2.57. The molecule has 124 valence electrons. The lowest BCUT2D eigenvalue weighted by molar-refractivity contribution is -0.136. The molecule has 1 amide bonds. The molecule has 0 aliphatic carbocycles. The van der Waals surface area contributed by atoms with Crippen LogP contribution in [0.1, 0.15) is 15.2 Å². The molecule has 2 aromatic rings. The second-order valence-electron chi connectivity index (χ2n) is 5.15. The molecule has 1 aliphatic heterocycles. The molecular weight excluding hydrogens is 331 g/mol. The van der Waals surface area contributed by atoms with Gasteiger partial charge in [-0.25, -0.2) is 4.98 Å². The number of amides is 1. The first-order valence-electron chi connectivity index (χ1n) is 6.84. The van der Waals surface area contributed by atoms with Crippen LogP contribution in [-0.4, -0.2) is 37.1 Å². The van der Waals surface area contributed by atoms with Crippen LogP contribution in [0.5, 0.6) is 0 Å². The van der Waals surface area contributed by atoms with Gasteiger partial charge in [0, 0.05) is 31.6 Å². The highest BCUT2D eigenvalue weighted by atomic mass is 32.1. The van der Waals surface area contributed by atoms with Crippen LogP contribution in [0.4, 0.5) is 24.7 Å². The van der Waals surface area contributed by atoms with Gasteiger partial charge in [-0.3, -0.25) is 4.79 Å². The third-order valence-corrected chi connectivity index (χ3v) is 4.77. The van der Waals surface area contributed by atoms with Crippen LogP contribution in [0.3, 0.4) is 0 Å². The van der Waals surface area contributed by atoms with Crippen molar-refractivity contribution in [2.24, 2.45) is 5.73 Å². The molecule has 23 heavy (non-hydrogen) atoms. The smallest absolute Gasteiger partial charge is 0.397 e. The van der Waals surface area contributed by atoms with E-state index in [4.69, 9.17) is 11.5 Å². The number of aromatic nitrogens is 1. The maximum absolute atomic E-state index is 13.4. The van der Waals surface area contributed by atoms with Crippen molar-refractivity contribution in [3.8, 4) is 0 Å². The van der Waals surface area contributed by atoms with Gasteiger partial charge in [0.05, 0.1) is 11.3 Å². The second-order valence-corrected chi connectivity index (χ2v) is 6.15. The van der Waals surface area contributed by atoms with E-state index in [2.05, 4.69) is 10.3 Å². The Bertz CT molecular complexity index is 767. The molecule has 2 aromatic heterocycles. The number of carbonyl (C=O) groups excluding carboxylic acids is 1. The van der Waals surface area contributed by atoms with E-state index < -0.39 is 17.6 Å². The van der Waals surface area contributed by atoms with Crippen LogP contribution in [0.15, 0.2) is 6.07 Å². The highest BCUT2D eigenvalue weighted by molar-refractivity contribution is 7.21. The Morgan fingerprint density at radius 3 is 2.57 bits per heavy atom. The van der Waals surface area contributed by atoms with Crippen molar-refractivity contribution in [2.45, 2.75) is 6.18 Å². The van der Waals surface area contributed by atoms with E-state index in [1.807, 2.05) is 0 Å². The number of nitrogens with one attached hydrogen (secondary N) is 1. The number of pyridine rings is 1. The molecule has 1 fully saturated rings. The molecular formula is C13H14F3N5OS. The predicted octanol–water partition coefficient (Wildman–Crippen LogP) is 1.41. The monoisotopic (exact) mass is 345 g/mol. The van der Waals surface area contributed by atoms with Crippen LogP contribution in [0.25, 0.3) is 10.2 Å². The maximum atomic E-state index is 13.4. The van der Waals surface area contributed by atoms with Crippen molar-refractivity contribution in [1.82, 2.24) is 10.3 Å². The van der Waals surface area contributed by atoms with E-state index in [1.165, 1.54) is 0 Å². The molecule has 0 atom stereocenters. The molecule has 1 aliphatic rings. The first-order valence-corrected chi connectivity index (χ1v) is 7.66. The third kappa shape index (κ3) is 2.79. The number of piperazine rings is 1. The Balaban J connectivity index is 2.23. The fourth-order valence-corrected chi connectivity index (χ4v) is 3.54. The van der Waals surface area contributed by atoms with Gasteiger partial charge in [-0.2, -0.15) is 13.2 Å². The van der Waals surface area contributed by atoms with E-state index in [0.29, 0.717) is 26.2 Å². The Hall–Kier alpha value is -2.07. The molecule has 0 bridgehead atoms. The van der Waals surface area contributed by atoms with Gasteiger partial charge < -0.3 is 21.7 Å². The summed E-state index contributed by atoms with van der Waals surface area (Å²) in [5, 5.41) is 2.87. The molecule has 10 heteroatoms.